The van der Waals surface area contributed by atoms with Gasteiger partial charge < -0.3 is 15.5 Å². The van der Waals surface area contributed by atoms with Crippen molar-refractivity contribution in [3.63, 3.8) is 0 Å². The number of likely N-dealkylation sites (tertiary alicyclic amines) is 1. The lowest BCUT2D eigenvalue weighted by molar-refractivity contribution is -0.131. The normalized spacial score (nSPS) is 22.6. The van der Waals surface area contributed by atoms with Crippen molar-refractivity contribution in [1.29, 1.82) is 0 Å². The molecule has 4 rings (SSSR count). The number of carbonyl (C=O) groups excluding carboxylic acids is 3. The summed E-state index contributed by atoms with van der Waals surface area (Å²) in [5.74, 6) is -1.11. The molecule has 7 heteroatoms. The zero-order valence-electron chi connectivity index (χ0n) is 19.6. The summed E-state index contributed by atoms with van der Waals surface area (Å²) >= 11 is 0. The highest BCUT2D eigenvalue weighted by atomic mass is 19.1. The van der Waals surface area contributed by atoms with Gasteiger partial charge in [-0.2, -0.15) is 0 Å². The molecule has 1 aromatic carbocycles. The first-order chi connectivity index (χ1) is 15.9. The fourth-order valence-corrected chi connectivity index (χ4v) is 5.37. The molecule has 0 aromatic heterocycles. The Bertz CT molecular complexity index is 880. The van der Waals surface area contributed by atoms with E-state index in [2.05, 4.69) is 10.6 Å². The Hall–Kier alpha value is -2.28. The van der Waals surface area contributed by atoms with Crippen LogP contribution in [-0.2, 0) is 9.59 Å². The maximum Gasteiger partial charge on any atom is 0.254 e. The van der Waals surface area contributed by atoms with E-state index in [1.165, 1.54) is 13.0 Å². The number of hydrogen-bond donors (Lipinski definition) is 2. The van der Waals surface area contributed by atoms with Crippen molar-refractivity contribution in [3.05, 3.63) is 35.1 Å². The van der Waals surface area contributed by atoms with Crippen LogP contribution in [0.15, 0.2) is 18.2 Å². The molecule has 0 radical (unpaired) electrons. The van der Waals surface area contributed by atoms with Gasteiger partial charge in [0.15, 0.2) is 5.78 Å². The molecule has 1 heterocycles. The van der Waals surface area contributed by atoms with Gasteiger partial charge in [-0.25, -0.2) is 4.39 Å². The zero-order valence-corrected chi connectivity index (χ0v) is 19.6. The average Bonchev–Trinajstić information content (AvgIpc) is 3.66. The maximum absolute atomic E-state index is 15.5. The van der Waals surface area contributed by atoms with Gasteiger partial charge in [0.1, 0.15) is 5.82 Å². The minimum Gasteiger partial charge on any atom is -0.342 e. The smallest absolute Gasteiger partial charge is 0.254 e. The van der Waals surface area contributed by atoms with E-state index in [4.69, 9.17) is 0 Å². The molecule has 1 saturated heterocycles. The highest BCUT2D eigenvalue weighted by Crippen LogP contribution is 2.31. The molecule has 6 nitrogen and oxygen atoms in total. The van der Waals surface area contributed by atoms with Crippen molar-refractivity contribution in [2.75, 3.05) is 19.6 Å². The maximum atomic E-state index is 15.5. The van der Waals surface area contributed by atoms with Gasteiger partial charge in [-0.15, -0.1) is 0 Å². The largest absolute Gasteiger partial charge is 0.342 e. The predicted octanol–water partition coefficient (Wildman–Crippen LogP) is 3.55. The molecule has 0 bridgehead atoms. The molecule has 3 fully saturated rings. The number of carbonyl (C=O) groups is 3. The number of benzene rings is 1. The second-order valence-corrected chi connectivity index (χ2v) is 10.0. The van der Waals surface area contributed by atoms with Gasteiger partial charge in [0.25, 0.3) is 5.91 Å². The molecular formula is C26H36FN3O3. The van der Waals surface area contributed by atoms with Crippen LogP contribution in [-0.4, -0.2) is 54.2 Å². The van der Waals surface area contributed by atoms with Gasteiger partial charge in [0, 0.05) is 25.0 Å². The van der Waals surface area contributed by atoms with Crippen molar-refractivity contribution in [1.82, 2.24) is 15.5 Å². The van der Waals surface area contributed by atoms with E-state index in [1.807, 2.05) is 4.90 Å². The van der Waals surface area contributed by atoms with Gasteiger partial charge in [-0.3, -0.25) is 14.4 Å². The molecule has 2 saturated carbocycles. The molecule has 33 heavy (non-hydrogen) atoms. The lowest BCUT2D eigenvalue weighted by Crippen LogP contribution is -2.46. The van der Waals surface area contributed by atoms with Crippen LogP contribution < -0.4 is 10.6 Å². The van der Waals surface area contributed by atoms with Crippen LogP contribution in [0.1, 0.15) is 86.6 Å². The van der Waals surface area contributed by atoms with E-state index in [0.29, 0.717) is 31.2 Å². The van der Waals surface area contributed by atoms with Gasteiger partial charge >= 0.3 is 0 Å². The van der Waals surface area contributed by atoms with E-state index in [-0.39, 0.29) is 29.1 Å². The lowest BCUT2D eigenvalue weighted by Gasteiger charge is -2.33. The SMILES string of the molecule is CC(=O)[C@H](NC(=O)c1cccc(C2CCCN(C(=O)CNC3CC3)C2)c1F)C1CCCCC1. The molecular weight excluding hydrogens is 421 g/mol. The summed E-state index contributed by atoms with van der Waals surface area (Å²) in [7, 11) is 0. The summed E-state index contributed by atoms with van der Waals surface area (Å²) in [4.78, 5) is 39.7. The van der Waals surface area contributed by atoms with Crippen molar-refractivity contribution in [2.24, 2.45) is 5.92 Å². The number of nitrogens with zero attached hydrogens (tertiary/aromatic N) is 1. The lowest BCUT2D eigenvalue weighted by atomic mass is 9.82. The third-order valence-corrected chi connectivity index (χ3v) is 7.45. The Labute approximate surface area is 195 Å². The topological polar surface area (TPSA) is 78.5 Å². The van der Waals surface area contributed by atoms with Crippen molar-refractivity contribution in [2.45, 2.75) is 82.7 Å². The van der Waals surface area contributed by atoms with Gasteiger partial charge in [0.2, 0.25) is 5.91 Å². The fraction of sp³-hybridized carbons (Fsp3) is 0.654. The number of halogens is 1. The van der Waals surface area contributed by atoms with E-state index >= 15 is 4.39 Å². The Kier molecular flexibility index (Phi) is 7.78. The van der Waals surface area contributed by atoms with Crippen LogP contribution in [0.3, 0.4) is 0 Å². The predicted molar refractivity (Wildman–Crippen MR) is 124 cm³/mol. The molecule has 1 unspecified atom stereocenters. The number of ketones is 1. The Morgan fingerprint density at radius 3 is 2.52 bits per heavy atom. The van der Waals surface area contributed by atoms with E-state index < -0.39 is 17.8 Å². The average molecular weight is 458 g/mol. The van der Waals surface area contributed by atoms with Gasteiger partial charge in [-0.1, -0.05) is 31.4 Å². The molecule has 2 atom stereocenters. The monoisotopic (exact) mass is 457 g/mol. The van der Waals surface area contributed by atoms with Crippen molar-refractivity contribution < 1.29 is 18.8 Å². The van der Waals surface area contributed by atoms with Crippen LogP contribution in [0.2, 0.25) is 0 Å². The first-order valence-corrected chi connectivity index (χ1v) is 12.5. The molecule has 1 aliphatic heterocycles. The number of hydrogen-bond acceptors (Lipinski definition) is 4. The molecule has 2 amide bonds. The van der Waals surface area contributed by atoms with Gasteiger partial charge in [0.05, 0.1) is 18.2 Å². The van der Waals surface area contributed by atoms with E-state index in [0.717, 1.165) is 57.8 Å². The third-order valence-electron chi connectivity index (χ3n) is 7.45. The van der Waals surface area contributed by atoms with Crippen LogP contribution in [0.5, 0.6) is 0 Å². The number of rotatable bonds is 8. The molecule has 180 valence electrons. The van der Waals surface area contributed by atoms with E-state index in [1.54, 1.807) is 12.1 Å². The van der Waals surface area contributed by atoms with Gasteiger partial charge in [-0.05, 0) is 63.0 Å². The standard InChI is InChI=1S/C26H36FN3O3/c1-17(31)25(18-7-3-2-4-8-18)29-26(33)22-11-5-10-21(24(22)27)19-9-6-14-30(16-19)23(32)15-28-20-12-13-20/h5,10-11,18-20,25,28H,2-4,6-9,12-16H2,1H3,(H,29,33)/t19?,25-/m0/s1. The molecule has 3 aliphatic rings. The Morgan fingerprint density at radius 1 is 1.06 bits per heavy atom. The molecule has 2 aliphatic carbocycles. The number of nitrogens with one attached hydrogen (secondary N) is 2. The van der Waals surface area contributed by atoms with Crippen LogP contribution >= 0.6 is 0 Å². The fourth-order valence-electron chi connectivity index (χ4n) is 5.37. The quantitative estimate of drug-likeness (QED) is 0.626. The number of Topliss-reactive ketones (excluding diaryl/α,β-unsaturated/α-hetero) is 1. The summed E-state index contributed by atoms with van der Waals surface area (Å²) in [5.41, 5.74) is 0.459. The first kappa shape index (κ1) is 23.9. The summed E-state index contributed by atoms with van der Waals surface area (Å²) in [6.07, 6.45) is 8.93. The molecule has 0 spiro atoms. The Morgan fingerprint density at radius 2 is 1.82 bits per heavy atom. The minimum atomic E-state index is -0.567. The minimum absolute atomic E-state index is 0.0200. The molecule has 2 N–H and O–H groups in total. The number of piperidine rings is 1. The Balaban J connectivity index is 1.44. The molecule has 1 aromatic rings. The summed E-state index contributed by atoms with van der Waals surface area (Å²) in [5, 5.41) is 6.08. The number of amides is 2. The van der Waals surface area contributed by atoms with Crippen molar-refractivity contribution >= 4 is 17.6 Å². The zero-order chi connectivity index (χ0) is 23.4. The second-order valence-electron chi connectivity index (χ2n) is 10.0. The van der Waals surface area contributed by atoms with Crippen LogP contribution in [0, 0.1) is 11.7 Å². The first-order valence-electron chi connectivity index (χ1n) is 12.5. The third kappa shape index (κ3) is 5.99. The van der Waals surface area contributed by atoms with E-state index in [9.17, 15) is 14.4 Å². The summed E-state index contributed by atoms with van der Waals surface area (Å²) < 4.78 is 15.5. The van der Waals surface area contributed by atoms with Crippen LogP contribution in [0.4, 0.5) is 4.39 Å². The van der Waals surface area contributed by atoms with Crippen molar-refractivity contribution in [3.8, 4) is 0 Å². The highest BCUT2D eigenvalue weighted by Gasteiger charge is 2.32. The summed E-state index contributed by atoms with van der Waals surface area (Å²) in [6, 6.07) is 4.80. The second kappa shape index (κ2) is 10.8. The van der Waals surface area contributed by atoms with Crippen LogP contribution in [0.25, 0.3) is 0 Å². The summed E-state index contributed by atoms with van der Waals surface area (Å²) in [6.45, 7) is 2.98. The highest BCUT2D eigenvalue weighted by molar-refractivity contribution is 5.98.